The summed E-state index contributed by atoms with van der Waals surface area (Å²) in [5.41, 5.74) is 0.300. The number of piperidine rings is 1. The molecule has 19 heavy (non-hydrogen) atoms. The van der Waals surface area contributed by atoms with Gasteiger partial charge in [0.1, 0.15) is 11.8 Å². The maximum atomic E-state index is 12.3. The van der Waals surface area contributed by atoms with Crippen LogP contribution < -0.4 is 0 Å². The molecule has 0 radical (unpaired) electrons. The highest BCUT2D eigenvalue weighted by atomic mass is 79.9. The first kappa shape index (κ1) is 13.9. The van der Waals surface area contributed by atoms with Gasteiger partial charge in [-0.05, 0) is 53.4 Å². The molecule has 5 nitrogen and oxygen atoms in total. The van der Waals surface area contributed by atoms with Crippen LogP contribution in [-0.4, -0.2) is 39.6 Å². The van der Waals surface area contributed by atoms with E-state index in [1.165, 1.54) is 11.0 Å². The molecule has 1 heterocycles. The molecule has 1 aromatic carbocycles. The molecule has 1 saturated heterocycles. The summed E-state index contributed by atoms with van der Waals surface area (Å²) in [4.78, 5) is 24.9. The summed E-state index contributed by atoms with van der Waals surface area (Å²) in [6, 6.07) is 3.72. The van der Waals surface area contributed by atoms with Crippen molar-refractivity contribution in [2.45, 2.75) is 25.3 Å². The molecule has 0 bridgehead atoms. The minimum Gasteiger partial charge on any atom is -0.507 e. The number of likely N-dealkylation sites (tertiary alicyclic amines) is 1. The minimum atomic E-state index is -0.977. The quantitative estimate of drug-likeness (QED) is 0.873. The smallest absolute Gasteiger partial charge is 0.326 e. The fraction of sp³-hybridized carbons (Fsp3) is 0.385. The van der Waals surface area contributed by atoms with Crippen LogP contribution in [0.5, 0.6) is 5.75 Å². The third-order valence-corrected chi connectivity index (χ3v) is 3.91. The number of nitrogens with zero attached hydrogens (tertiary/aromatic N) is 1. The van der Waals surface area contributed by atoms with Crippen LogP contribution in [-0.2, 0) is 4.79 Å². The number of aliphatic carboxylic acids is 1. The van der Waals surface area contributed by atoms with E-state index in [2.05, 4.69) is 15.9 Å². The van der Waals surface area contributed by atoms with Crippen LogP contribution in [0.15, 0.2) is 22.7 Å². The van der Waals surface area contributed by atoms with Crippen molar-refractivity contribution in [1.82, 2.24) is 4.90 Å². The number of hydrogen-bond donors (Lipinski definition) is 2. The van der Waals surface area contributed by atoms with Crippen molar-refractivity contribution in [3.63, 3.8) is 0 Å². The average Bonchev–Trinajstić information content (AvgIpc) is 2.41. The van der Waals surface area contributed by atoms with E-state index < -0.39 is 12.0 Å². The molecule has 0 aromatic heterocycles. The number of rotatable bonds is 2. The zero-order chi connectivity index (χ0) is 14.0. The van der Waals surface area contributed by atoms with Gasteiger partial charge in [-0.2, -0.15) is 0 Å². The second-order valence-corrected chi connectivity index (χ2v) is 5.37. The number of carboxylic acid groups (broad SMARTS) is 1. The monoisotopic (exact) mass is 327 g/mol. The van der Waals surface area contributed by atoms with E-state index >= 15 is 0 Å². The first-order chi connectivity index (χ1) is 9.00. The molecule has 1 unspecified atom stereocenters. The molecule has 1 fully saturated rings. The van der Waals surface area contributed by atoms with Crippen molar-refractivity contribution in [3.05, 3.63) is 28.2 Å². The lowest BCUT2D eigenvalue weighted by atomic mass is 10.0. The Morgan fingerprint density at radius 2 is 2.05 bits per heavy atom. The number of benzene rings is 1. The first-order valence-corrected chi connectivity index (χ1v) is 6.82. The summed E-state index contributed by atoms with van der Waals surface area (Å²) in [7, 11) is 0. The summed E-state index contributed by atoms with van der Waals surface area (Å²) in [6.07, 6.45) is 2.09. The molecular weight excluding hydrogens is 314 g/mol. The fourth-order valence-corrected chi connectivity index (χ4v) is 2.49. The average molecular weight is 328 g/mol. The van der Waals surface area contributed by atoms with Gasteiger partial charge in [-0.25, -0.2) is 4.79 Å². The minimum absolute atomic E-state index is 0.0327. The van der Waals surface area contributed by atoms with Crippen LogP contribution in [0.2, 0.25) is 0 Å². The van der Waals surface area contributed by atoms with Crippen molar-refractivity contribution in [2.75, 3.05) is 6.54 Å². The van der Waals surface area contributed by atoms with Gasteiger partial charge in [-0.3, -0.25) is 4.79 Å². The van der Waals surface area contributed by atoms with Gasteiger partial charge in [-0.1, -0.05) is 0 Å². The van der Waals surface area contributed by atoms with Gasteiger partial charge in [0.05, 0.1) is 4.47 Å². The Kier molecular flexibility index (Phi) is 4.09. The van der Waals surface area contributed by atoms with E-state index in [-0.39, 0.29) is 11.7 Å². The number of halogens is 1. The van der Waals surface area contributed by atoms with Crippen molar-refractivity contribution in [1.29, 1.82) is 0 Å². The predicted octanol–water partition coefficient (Wildman–Crippen LogP) is 2.23. The number of aromatic hydroxyl groups is 1. The zero-order valence-corrected chi connectivity index (χ0v) is 11.8. The molecular formula is C13H14BrNO4. The van der Waals surface area contributed by atoms with E-state index in [1.807, 2.05) is 0 Å². The Morgan fingerprint density at radius 3 is 2.68 bits per heavy atom. The Morgan fingerprint density at radius 1 is 1.32 bits per heavy atom. The van der Waals surface area contributed by atoms with Crippen molar-refractivity contribution in [3.8, 4) is 5.75 Å². The number of hydrogen-bond acceptors (Lipinski definition) is 3. The van der Waals surface area contributed by atoms with Crippen LogP contribution in [0, 0.1) is 0 Å². The first-order valence-electron chi connectivity index (χ1n) is 6.03. The van der Waals surface area contributed by atoms with Gasteiger partial charge in [0.2, 0.25) is 0 Å². The molecule has 2 rings (SSSR count). The lowest BCUT2D eigenvalue weighted by Crippen LogP contribution is -2.47. The molecule has 1 aliphatic rings. The van der Waals surface area contributed by atoms with E-state index in [1.54, 1.807) is 12.1 Å². The third kappa shape index (κ3) is 2.89. The topological polar surface area (TPSA) is 77.8 Å². The normalized spacial score (nSPS) is 19.2. The summed E-state index contributed by atoms with van der Waals surface area (Å²) in [5.74, 6) is -1.36. The molecule has 6 heteroatoms. The number of carboxylic acids is 1. The van der Waals surface area contributed by atoms with Crippen molar-refractivity contribution >= 4 is 27.8 Å². The van der Waals surface area contributed by atoms with E-state index in [0.717, 1.165) is 12.8 Å². The fourth-order valence-electron chi connectivity index (χ4n) is 2.24. The van der Waals surface area contributed by atoms with Crippen molar-refractivity contribution < 1.29 is 19.8 Å². The molecule has 1 atom stereocenters. The van der Waals surface area contributed by atoms with E-state index in [0.29, 0.717) is 23.0 Å². The number of carbonyl (C=O) groups is 2. The van der Waals surface area contributed by atoms with Crippen LogP contribution in [0.25, 0.3) is 0 Å². The molecule has 102 valence electrons. The SMILES string of the molecule is O=C(O)C1CCCCN1C(=O)c1ccc(Br)c(O)c1. The Bertz CT molecular complexity index is 517. The number of amides is 1. The van der Waals surface area contributed by atoms with Crippen LogP contribution >= 0.6 is 15.9 Å². The maximum absolute atomic E-state index is 12.3. The molecule has 0 aliphatic carbocycles. The molecule has 0 spiro atoms. The van der Waals surface area contributed by atoms with Crippen molar-refractivity contribution in [2.24, 2.45) is 0 Å². The standard InChI is InChI=1S/C13H14BrNO4/c14-9-5-4-8(7-11(9)16)12(17)15-6-2-1-3-10(15)13(18)19/h4-5,7,10,16H,1-3,6H2,(H,18,19). The van der Waals surface area contributed by atoms with Crippen LogP contribution in [0.1, 0.15) is 29.6 Å². The summed E-state index contributed by atoms with van der Waals surface area (Å²) < 4.78 is 0.498. The van der Waals surface area contributed by atoms with Gasteiger partial charge in [0.25, 0.3) is 5.91 Å². The summed E-state index contributed by atoms with van der Waals surface area (Å²) in [6.45, 7) is 0.437. The molecule has 1 aromatic rings. The lowest BCUT2D eigenvalue weighted by Gasteiger charge is -2.33. The largest absolute Gasteiger partial charge is 0.507 e. The Hall–Kier alpha value is -1.56. The number of phenolic OH excluding ortho intramolecular Hbond substituents is 1. The number of carbonyl (C=O) groups excluding carboxylic acids is 1. The second kappa shape index (κ2) is 5.61. The van der Waals surface area contributed by atoms with Crippen LogP contribution in [0.4, 0.5) is 0 Å². The second-order valence-electron chi connectivity index (χ2n) is 4.51. The maximum Gasteiger partial charge on any atom is 0.326 e. The molecule has 0 saturated carbocycles. The summed E-state index contributed by atoms with van der Waals surface area (Å²) >= 11 is 3.14. The van der Waals surface area contributed by atoms with Gasteiger partial charge in [0, 0.05) is 12.1 Å². The summed E-state index contributed by atoms with van der Waals surface area (Å²) in [5, 5.41) is 18.7. The lowest BCUT2D eigenvalue weighted by molar-refractivity contribution is -0.143. The number of phenols is 1. The highest BCUT2D eigenvalue weighted by Crippen LogP contribution is 2.26. The van der Waals surface area contributed by atoms with Gasteiger partial charge >= 0.3 is 5.97 Å². The van der Waals surface area contributed by atoms with E-state index in [9.17, 15) is 14.7 Å². The predicted molar refractivity (Wildman–Crippen MR) is 72.1 cm³/mol. The van der Waals surface area contributed by atoms with Gasteiger partial charge in [-0.15, -0.1) is 0 Å². The molecule has 2 N–H and O–H groups in total. The van der Waals surface area contributed by atoms with Gasteiger partial charge in [0.15, 0.2) is 0 Å². The van der Waals surface area contributed by atoms with E-state index in [4.69, 9.17) is 5.11 Å². The Labute approximate surface area is 119 Å². The highest BCUT2D eigenvalue weighted by Gasteiger charge is 2.32. The van der Waals surface area contributed by atoms with Crippen LogP contribution in [0.3, 0.4) is 0 Å². The third-order valence-electron chi connectivity index (χ3n) is 3.24. The Balaban J connectivity index is 2.26. The van der Waals surface area contributed by atoms with Gasteiger partial charge < -0.3 is 15.1 Å². The zero-order valence-electron chi connectivity index (χ0n) is 10.2. The molecule has 1 aliphatic heterocycles. The highest BCUT2D eigenvalue weighted by molar-refractivity contribution is 9.10. The molecule has 1 amide bonds.